The topological polar surface area (TPSA) is 156 Å². The Bertz CT molecular complexity index is 1610. The van der Waals surface area contributed by atoms with Gasteiger partial charge >= 0.3 is 11.9 Å². The summed E-state index contributed by atoms with van der Waals surface area (Å²) in [7, 11) is 4.28. The summed E-state index contributed by atoms with van der Waals surface area (Å²) in [6, 6.07) is 30.7. The number of carbonyl (C=O) groups is 4. The third kappa shape index (κ3) is 6.44. The molecule has 0 bridgehead atoms. The number of nitrogens with zero attached hydrogens (tertiary/aromatic N) is 2. The number of carbonyl (C=O) groups excluding carboxylic acids is 2. The third-order valence-corrected chi connectivity index (χ3v) is 8.86. The second-order valence-corrected chi connectivity index (χ2v) is 12.0. The number of hydrogen-bond donors (Lipinski definition) is 4. The first-order valence-electron chi connectivity index (χ1n) is 14.2. The molecule has 1 aliphatic heterocycles. The predicted molar refractivity (Wildman–Crippen MR) is 174 cm³/mol. The summed E-state index contributed by atoms with van der Waals surface area (Å²) in [4.78, 5) is 55.9. The van der Waals surface area contributed by atoms with Gasteiger partial charge in [0.15, 0.2) is 0 Å². The molecule has 0 amide bonds. The van der Waals surface area contributed by atoms with E-state index in [2.05, 4.69) is 79.3 Å². The number of carboxylic acid groups (broad SMARTS) is 2. The van der Waals surface area contributed by atoms with Crippen molar-refractivity contribution in [2.45, 2.75) is 34.0 Å². The summed E-state index contributed by atoms with van der Waals surface area (Å²) in [5, 5.41) is 39.9. The van der Waals surface area contributed by atoms with E-state index < -0.39 is 45.8 Å². The number of aliphatic hydroxyl groups is 2. The zero-order valence-electron chi connectivity index (χ0n) is 25.4. The maximum absolute atomic E-state index is 12.6. The molecule has 0 fully saturated rings. The van der Waals surface area contributed by atoms with E-state index in [9.17, 15) is 39.6 Å². The monoisotopic (exact) mass is 642 g/mol. The van der Waals surface area contributed by atoms with Crippen LogP contribution in [0.1, 0.15) is 27.6 Å². The van der Waals surface area contributed by atoms with Crippen LogP contribution in [0.15, 0.2) is 119 Å². The van der Waals surface area contributed by atoms with E-state index in [0.29, 0.717) is 6.04 Å². The Labute approximate surface area is 270 Å². The number of likely N-dealkylation sites (N-methyl/N-ethyl adjacent to an activating group) is 1. The van der Waals surface area contributed by atoms with Crippen LogP contribution < -0.4 is 4.90 Å². The highest BCUT2D eigenvalue weighted by molar-refractivity contribution is 7.99. The lowest BCUT2D eigenvalue weighted by Gasteiger charge is -2.36. The minimum atomic E-state index is -3.95. The Hall–Kier alpha value is -4.81. The van der Waals surface area contributed by atoms with E-state index in [1.807, 2.05) is 11.8 Å². The number of fused-ring (bicyclic) bond motifs is 2. The van der Waals surface area contributed by atoms with Crippen molar-refractivity contribution >= 4 is 46.6 Å². The largest absolute Gasteiger partial charge is 0.479 e. The molecule has 0 aromatic heterocycles. The van der Waals surface area contributed by atoms with Crippen LogP contribution in [0.2, 0.25) is 0 Å². The highest BCUT2D eigenvalue weighted by Gasteiger charge is 2.69. The van der Waals surface area contributed by atoms with Gasteiger partial charge in [-0.1, -0.05) is 96.7 Å². The van der Waals surface area contributed by atoms with E-state index in [1.165, 1.54) is 57.6 Å². The lowest BCUT2D eigenvalue weighted by atomic mass is 9.73. The number of Topliss-reactive ketones (excluding diaryl/α,β-unsaturated/α-hetero) is 2. The molecule has 1 heterocycles. The lowest BCUT2D eigenvalue weighted by Crippen LogP contribution is -2.71. The Kier molecular flexibility index (Phi) is 10.4. The van der Waals surface area contributed by atoms with Crippen LogP contribution in [0.25, 0.3) is 0 Å². The van der Waals surface area contributed by atoms with Crippen molar-refractivity contribution < 1.29 is 39.6 Å². The van der Waals surface area contributed by atoms with Crippen molar-refractivity contribution in [2.24, 2.45) is 0 Å². The van der Waals surface area contributed by atoms with Crippen molar-refractivity contribution in [3.63, 3.8) is 0 Å². The zero-order chi connectivity index (χ0) is 33.6. The Morgan fingerprint density at radius 3 is 1.35 bits per heavy atom. The average Bonchev–Trinajstić information content (AvgIpc) is 3.07. The molecule has 3 atom stereocenters. The van der Waals surface area contributed by atoms with Gasteiger partial charge < -0.3 is 30.2 Å². The Balaban J connectivity index is 0.000000215. The van der Waals surface area contributed by atoms with Gasteiger partial charge in [-0.05, 0) is 45.3 Å². The molecule has 10 nitrogen and oxygen atoms in total. The van der Waals surface area contributed by atoms with Crippen LogP contribution in [0.5, 0.6) is 0 Å². The zero-order valence-corrected chi connectivity index (χ0v) is 26.2. The second-order valence-electron chi connectivity index (χ2n) is 10.9. The number of anilines is 2. The fourth-order valence-corrected chi connectivity index (χ4v) is 5.93. The number of ketones is 2. The molecule has 0 saturated heterocycles. The van der Waals surface area contributed by atoms with Gasteiger partial charge in [0.2, 0.25) is 11.6 Å². The van der Waals surface area contributed by atoms with E-state index in [1.54, 1.807) is 0 Å². The fraction of sp³-hybridized carbons (Fsp3) is 0.200. The minimum absolute atomic E-state index is 0.391. The van der Waals surface area contributed by atoms with Crippen molar-refractivity contribution in [1.29, 1.82) is 0 Å². The number of carboxylic acids is 2. The summed E-state index contributed by atoms with van der Waals surface area (Å²) in [6.07, 6.45) is 0. The minimum Gasteiger partial charge on any atom is -0.479 e. The molecule has 0 spiro atoms. The van der Waals surface area contributed by atoms with Gasteiger partial charge in [-0.25, -0.2) is 9.59 Å². The maximum Gasteiger partial charge on any atom is 0.348 e. The first kappa shape index (κ1) is 34.1. The average molecular weight is 643 g/mol. The van der Waals surface area contributed by atoms with E-state index >= 15 is 0 Å². The summed E-state index contributed by atoms with van der Waals surface area (Å²) in [5.41, 5.74) is -6.04. The van der Waals surface area contributed by atoms with Gasteiger partial charge in [0.05, 0.1) is 11.4 Å². The van der Waals surface area contributed by atoms with Crippen LogP contribution >= 0.6 is 11.8 Å². The summed E-state index contributed by atoms with van der Waals surface area (Å²) in [5.74, 6) is -8.03. The first-order valence-corrected chi connectivity index (χ1v) is 15.1. The molecule has 3 unspecified atom stereocenters. The van der Waals surface area contributed by atoms with Crippen LogP contribution in [0.3, 0.4) is 0 Å². The summed E-state index contributed by atoms with van der Waals surface area (Å²) in [6.45, 7) is 3.27. The molecular weight excluding hydrogens is 608 g/mol. The van der Waals surface area contributed by atoms with Gasteiger partial charge in [-0.2, -0.15) is 0 Å². The molecule has 0 radical (unpaired) electrons. The lowest BCUT2D eigenvalue weighted by molar-refractivity contribution is -0.187. The van der Waals surface area contributed by atoms with Crippen LogP contribution in [-0.4, -0.2) is 86.7 Å². The highest BCUT2D eigenvalue weighted by Crippen LogP contribution is 2.47. The Morgan fingerprint density at radius 2 is 1.00 bits per heavy atom. The SMILES string of the molecule is CC(CN1c2ccccc2Sc2ccccc21)N(C)C.O=C(O)C(O)(C(=O)c1ccccc1)C(O)(C(=O)O)C(=O)c1ccccc1. The number of rotatable bonds is 10. The standard InChI is InChI=1S/C18H14O8.C17H20N2S/c19-13(11-7-3-1-4-8-11)17(25,15(21)22)18(26,16(23)24)14(20)12-9-5-2-6-10-12;1-13(18(2)3)12-19-14-8-4-6-10-16(14)20-17-11-7-5-9-15(17)19/h1-10,25-26H,(H,21,22)(H,23,24);4-11,13H,12H2,1-3H3. The smallest absolute Gasteiger partial charge is 0.348 e. The van der Waals surface area contributed by atoms with E-state index in [0.717, 1.165) is 30.8 Å². The van der Waals surface area contributed by atoms with E-state index in [4.69, 9.17) is 0 Å². The van der Waals surface area contributed by atoms with Crippen LogP contribution in [0, 0.1) is 0 Å². The second kappa shape index (κ2) is 14.1. The van der Waals surface area contributed by atoms with Gasteiger partial charge in [-0.15, -0.1) is 0 Å². The molecular formula is C35H34N2O8S. The normalized spacial score (nSPS) is 15.1. The molecule has 0 saturated carbocycles. The van der Waals surface area contributed by atoms with Crippen LogP contribution in [0.4, 0.5) is 11.4 Å². The van der Waals surface area contributed by atoms with Crippen molar-refractivity contribution in [3.05, 3.63) is 120 Å². The van der Waals surface area contributed by atoms with Gasteiger partial charge in [0.1, 0.15) is 0 Å². The third-order valence-electron chi connectivity index (χ3n) is 7.73. The van der Waals surface area contributed by atoms with E-state index in [-0.39, 0.29) is 0 Å². The molecule has 4 N–H and O–H groups in total. The highest BCUT2D eigenvalue weighted by atomic mass is 32.2. The first-order chi connectivity index (χ1) is 21.8. The fourth-order valence-electron chi connectivity index (χ4n) is 4.83. The molecule has 0 aliphatic carbocycles. The maximum atomic E-state index is 12.6. The van der Waals surface area contributed by atoms with Crippen LogP contribution in [-0.2, 0) is 9.59 Å². The van der Waals surface area contributed by atoms with Crippen molar-refractivity contribution in [2.75, 3.05) is 25.5 Å². The molecule has 238 valence electrons. The number of benzene rings is 4. The molecule has 4 aromatic carbocycles. The predicted octanol–water partition coefficient (Wildman–Crippen LogP) is 4.62. The molecule has 4 aromatic rings. The summed E-state index contributed by atoms with van der Waals surface area (Å²) < 4.78 is 0. The van der Waals surface area contributed by atoms with Gasteiger partial charge in [-0.3, -0.25) is 9.59 Å². The number of hydrogen-bond acceptors (Lipinski definition) is 9. The van der Waals surface area contributed by atoms with Gasteiger partial charge in [0.25, 0.3) is 11.2 Å². The summed E-state index contributed by atoms with van der Waals surface area (Å²) >= 11 is 1.87. The molecule has 11 heteroatoms. The molecule has 1 aliphatic rings. The molecule has 46 heavy (non-hydrogen) atoms. The quantitative estimate of drug-likeness (QED) is 0.141. The number of para-hydroxylation sites is 2. The Morgan fingerprint density at radius 1 is 0.652 bits per heavy atom. The number of aliphatic carboxylic acids is 2. The molecule has 5 rings (SSSR count). The van der Waals surface area contributed by atoms with Crippen molar-refractivity contribution in [3.8, 4) is 0 Å². The van der Waals surface area contributed by atoms with Gasteiger partial charge in [0, 0.05) is 33.5 Å². The van der Waals surface area contributed by atoms with Crippen molar-refractivity contribution in [1.82, 2.24) is 4.90 Å².